The molecule has 0 aliphatic heterocycles. The second kappa shape index (κ2) is 6.75. The fourth-order valence-corrected chi connectivity index (χ4v) is 2.47. The molecule has 3 aromatic rings. The highest BCUT2D eigenvalue weighted by Gasteiger charge is 2.13. The number of para-hydroxylation sites is 2. The van der Waals surface area contributed by atoms with E-state index in [1.807, 2.05) is 42.5 Å². The fraction of sp³-hybridized carbons (Fsp3) is 0. The molecule has 0 atom stereocenters. The monoisotopic (exact) mass is 318 g/mol. The van der Waals surface area contributed by atoms with E-state index in [9.17, 15) is 14.9 Å². The van der Waals surface area contributed by atoms with Crippen molar-refractivity contribution in [3.63, 3.8) is 0 Å². The number of anilines is 1. The van der Waals surface area contributed by atoms with Gasteiger partial charge >= 0.3 is 0 Å². The predicted octanol–water partition coefficient (Wildman–Crippen LogP) is 4.40. The number of carbonyl (C=O) groups excluding carboxylic acids is 1. The Hall–Kier alpha value is -3.47. The quantitative estimate of drug-likeness (QED) is 0.440. The van der Waals surface area contributed by atoms with Crippen molar-refractivity contribution in [2.24, 2.45) is 0 Å². The van der Waals surface area contributed by atoms with E-state index in [-0.39, 0.29) is 11.4 Å². The lowest BCUT2D eigenvalue weighted by atomic mass is 10.0. The van der Waals surface area contributed by atoms with Crippen molar-refractivity contribution in [1.29, 1.82) is 0 Å². The molecule has 0 fully saturated rings. The van der Waals surface area contributed by atoms with Crippen molar-refractivity contribution in [2.45, 2.75) is 0 Å². The molecule has 5 nitrogen and oxygen atoms in total. The van der Waals surface area contributed by atoms with E-state index in [4.69, 9.17) is 0 Å². The van der Waals surface area contributed by atoms with Crippen molar-refractivity contribution in [2.75, 3.05) is 5.32 Å². The van der Waals surface area contributed by atoms with E-state index in [2.05, 4.69) is 5.32 Å². The third-order valence-electron chi connectivity index (χ3n) is 3.60. The number of amides is 1. The van der Waals surface area contributed by atoms with Gasteiger partial charge in [-0.2, -0.15) is 0 Å². The van der Waals surface area contributed by atoms with Gasteiger partial charge in [0.2, 0.25) is 5.91 Å². The van der Waals surface area contributed by atoms with Crippen LogP contribution in [-0.4, -0.2) is 10.8 Å². The summed E-state index contributed by atoms with van der Waals surface area (Å²) in [5, 5.41) is 15.6. The summed E-state index contributed by atoms with van der Waals surface area (Å²) in [7, 11) is 0. The van der Waals surface area contributed by atoms with Gasteiger partial charge in [0.25, 0.3) is 5.69 Å². The summed E-state index contributed by atoms with van der Waals surface area (Å²) in [5.41, 5.74) is 0.949. The zero-order chi connectivity index (χ0) is 16.9. The fourth-order valence-electron chi connectivity index (χ4n) is 2.47. The Balaban J connectivity index is 1.82. The summed E-state index contributed by atoms with van der Waals surface area (Å²) in [6.45, 7) is 0. The number of carbonyl (C=O) groups is 1. The Labute approximate surface area is 138 Å². The second-order valence-electron chi connectivity index (χ2n) is 5.17. The average molecular weight is 318 g/mol. The van der Waals surface area contributed by atoms with E-state index in [1.165, 1.54) is 18.2 Å². The van der Waals surface area contributed by atoms with Crippen LogP contribution >= 0.6 is 0 Å². The molecule has 0 unspecified atom stereocenters. The van der Waals surface area contributed by atoms with Crippen LogP contribution in [-0.2, 0) is 4.79 Å². The van der Waals surface area contributed by atoms with Gasteiger partial charge in [0.1, 0.15) is 5.69 Å². The van der Waals surface area contributed by atoms with Crippen molar-refractivity contribution >= 4 is 34.1 Å². The van der Waals surface area contributed by atoms with Crippen LogP contribution in [0.4, 0.5) is 11.4 Å². The Morgan fingerprint density at radius 1 is 0.958 bits per heavy atom. The molecule has 0 radical (unpaired) electrons. The van der Waals surface area contributed by atoms with E-state index in [0.29, 0.717) is 0 Å². The van der Waals surface area contributed by atoms with Crippen LogP contribution in [0.2, 0.25) is 0 Å². The smallest absolute Gasteiger partial charge is 0.292 e. The van der Waals surface area contributed by atoms with E-state index >= 15 is 0 Å². The highest BCUT2D eigenvalue weighted by molar-refractivity contribution is 6.04. The molecular weight excluding hydrogens is 304 g/mol. The number of nitrogens with one attached hydrogen (secondary N) is 1. The van der Waals surface area contributed by atoms with Crippen LogP contribution in [0.25, 0.3) is 16.8 Å². The number of nitro groups is 1. The number of hydrogen-bond acceptors (Lipinski definition) is 3. The number of fused-ring (bicyclic) bond motifs is 1. The average Bonchev–Trinajstić information content (AvgIpc) is 2.60. The number of nitro benzene ring substituents is 1. The lowest BCUT2D eigenvalue weighted by Crippen LogP contribution is -2.09. The summed E-state index contributed by atoms with van der Waals surface area (Å²) in [5.74, 6) is -0.419. The van der Waals surface area contributed by atoms with Gasteiger partial charge in [0, 0.05) is 12.1 Å². The molecule has 0 saturated carbocycles. The minimum atomic E-state index is -0.524. The van der Waals surface area contributed by atoms with Gasteiger partial charge in [-0.15, -0.1) is 0 Å². The Morgan fingerprint density at radius 2 is 1.67 bits per heavy atom. The van der Waals surface area contributed by atoms with Gasteiger partial charge in [-0.3, -0.25) is 14.9 Å². The molecule has 0 spiro atoms. The molecule has 3 aromatic carbocycles. The van der Waals surface area contributed by atoms with Gasteiger partial charge in [-0.05, 0) is 28.5 Å². The molecule has 0 aliphatic carbocycles. The van der Waals surface area contributed by atoms with Gasteiger partial charge in [-0.25, -0.2) is 0 Å². The van der Waals surface area contributed by atoms with E-state index in [0.717, 1.165) is 16.3 Å². The van der Waals surface area contributed by atoms with Crippen LogP contribution in [0, 0.1) is 10.1 Å². The standard InChI is InChI=1S/C19H14N2O3/c22-19(20-17-10-3-4-11-18(17)21(23)24)13-12-15-8-5-7-14-6-1-2-9-16(14)15/h1-13H,(H,20,22)/b13-12+. The second-order valence-corrected chi connectivity index (χ2v) is 5.17. The van der Waals surface area contributed by atoms with E-state index in [1.54, 1.807) is 18.2 Å². The predicted molar refractivity (Wildman–Crippen MR) is 94.7 cm³/mol. The minimum Gasteiger partial charge on any atom is -0.317 e. The van der Waals surface area contributed by atoms with E-state index < -0.39 is 10.8 Å². The maximum absolute atomic E-state index is 12.1. The molecule has 0 aromatic heterocycles. The molecule has 0 aliphatic rings. The SMILES string of the molecule is O=C(/C=C/c1cccc2ccccc12)Nc1ccccc1[N+](=O)[O-]. The summed E-state index contributed by atoms with van der Waals surface area (Å²) in [6.07, 6.45) is 3.07. The first-order valence-electron chi connectivity index (χ1n) is 7.35. The summed E-state index contributed by atoms with van der Waals surface area (Å²) in [6, 6.07) is 19.8. The molecule has 118 valence electrons. The topological polar surface area (TPSA) is 72.2 Å². The normalized spacial score (nSPS) is 10.8. The van der Waals surface area contributed by atoms with Crippen LogP contribution in [0.15, 0.2) is 72.8 Å². The lowest BCUT2D eigenvalue weighted by Gasteiger charge is -2.04. The van der Waals surface area contributed by atoms with Crippen molar-refractivity contribution < 1.29 is 9.72 Å². The zero-order valence-corrected chi connectivity index (χ0v) is 12.7. The Kier molecular flexibility index (Phi) is 4.34. The molecule has 5 heteroatoms. The molecule has 1 amide bonds. The highest BCUT2D eigenvalue weighted by atomic mass is 16.6. The van der Waals surface area contributed by atoms with Crippen LogP contribution in [0.3, 0.4) is 0 Å². The van der Waals surface area contributed by atoms with Crippen molar-refractivity contribution in [3.05, 3.63) is 88.5 Å². The summed E-state index contributed by atoms with van der Waals surface area (Å²) >= 11 is 0. The first kappa shape index (κ1) is 15.4. The van der Waals surface area contributed by atoms with Gasteiger partial charge in [0.05, 0.1) is 4.92 Å². The summed E-state index contributed by atoms with van der Waals surface area (Å²) < 4.78 is 0. The lowest BCUT2D eigenvalue weighted by molar-refractivity contribution is -0.383. The zero-order valence-electron chi connectivity index (χ0n) is 12.7. The largest absolute Gasteiger partial charge is 0.317 e. The number of benzene rings is 3. The van der Waals surface area contributed by atoms with Gasteiger partial charge in [-0.1, -0.05) is 54.6 Å². The highest BCUT2D eigenvalue weighted by Crippen LogP contribution is 2.23. The number of nitrogens with zero attached hydrogens (tertiary/aromatic N) is 1. The molecule has 3 rings (SSSR count). The van der Waals surface area contributed by atoms with Crippen molar-refractivity contribution in [1.82, 2.24) is 0 Å². The first-order valence-corrected chi connectivity index (χ1v) is 7.35. The van der Waals surface area contributed by atoms with Crippen LogP contribution < -0.4 is 5.32 Å². The molecule has 0 heterocycles. The third-order valence-corrected chi connectivity index (χ3v) is 3.60. The maximum atomic E-state index is 12.1. The van der Waals surface area contributed by atoms with Gasteiger partial charge in [0.15, 0.2) is 0 Å². The number of hydrogen-bond donors (Lipinski definition) is 1. The molecule has 24 heavy (non-hydrogen) atoms. The molecule has 0 bridgehead atoms. The maximum Gasteiger partial charge on any atom is 0.292 e. The summed E-state index contributed by atoms with van der Waals surface area (Å²) in [4.78, 5) is 22.5. The molecule has 0 saturated heterocycles. The molecular formula is C19H14N2O3. The van der Waals surface area contributed by atoms with Crippen LogP contribution in [0.1, 0.15) is 5.56 Å². The Bertz CT molecular complexity index is 943. The molecule has 1 N–H and O–H groups in total. The minimum absolute atomic E-state index is 0.135. The number of rotatable bonds is 4. The Morgan fingerprint density at radius 3 is 2.50 bits per heavy atom. The van der Waals surface area contributed by atoms with Crippen molar-refractivity contribution in [3.8, 4) is 0 Å². The first-order chi connectivity index (χ1) is 11.6. The third kappa shape index (κ3) is 3.30. The van der Waals surface area contributed by atoms with Gasteiger partial charge < -0.3 is 5.32 Å². The van der Waals surface area contributed by atoms with Crippen LogP contribution in [0.5, 0.6) is 0 Å².